The Balaban J connectivity index is 2.15. The summed E-state index contributed by atoms with van der Waals surface area (Å²) in [5.41, 5.74) is 8.82. The topological polar surface area (TPSA) is 78.7 Å². The van der Waals surface area contributed by atoms with Crippen molar-refractivity contribution in [2.45, 2.75) is 12.0 Å². The van der Waals surface area contributed by atoms with Gasteiger partial charge < -0.3 is 5.73 Å². The first-order chi connectivity index (χ1) is 15.1. The van der Waals surface area contributed by atoms with Gasteiger partial charge in [0, 0.05) is 32.6 Å². The number of halogens is 1. The van der Waals surface area contributed by atoms with Crippen molar-refractivity contribution in [1.29, 1.82) is 0 Å². The van der Waals surface area contributed by atoms with Gasteiger partial charge in [-0.05, 0) is 46.9 Å². The fraction of sp³-hybridized carbons (Fsp3) is 0.250. The number of hydrogen-bond donors (Lipinski definition) is 1. The monoisotopic (exact) mass is 418 g/mol. The summed E-state index contributed by atoms with van der Waals surface area (Å²) in [7, 11) is 1.71. The Morgan fingerprint density at radius 1 is 1.39 bits per heavy atom. The second-order valence-electron chi connectivity index (χ2n) is 7.04. The lowest BCUT2D eigenvalue weighted by molar-refractivity contribution is 0.514. The number of guanidine groups is 1. The van der Waals surface area contributed by atoms with E-state index in [0.717, 1.165) is 41.1 Å². The summed E-state index contributed by atoms with van der Waals surface area (Å²) in [4.78, 5) is 19.3. The van der Waals surface area contributed by atoms with E-state index in [4.69, 9.17) is 15.7 Å². The zero-order valence-electron chi connectivity index (χ0n) is 17.7. The van der Waals surface area contributed by atoms with Gasteiger partial charge in [0.25, 0.3) is 0 Å². The van der Waals surface area contributed by atoms with Crippen LogP contribution in [-0.4, -0.2) is 56.1 Å². The van der Waals surface area contributed by atoms with Gasteiger partial charge in [-0.15, -0.1) is 0 Å². The molecule has 2 heterocycles. The van der Waals surface area contributed by atoms with Crippen LogP contribution in [0.5, 0.6) is 0 Å². The van der Waals surface area contributed by atoms with Crippen molar-refractivity contribution in [3.63, 3.8) is 0 Å². The molecule has 1 aromatic rings. The summed E-state index contributed by atoms with van der Waals surface area (Å²) in [6.07, 6.45) is 11.2. The van der Waals surface area contributed by atoms with Gasteiger partial charge in [-0.25, -0.2) is 9.38 Å². The van der Waals surface area contributed by atoms with Crippen molar-refractivity contribution in [2.75, 3.05) is 26.9 Å². The van der Waals surface area contributed by atoms with Gasteiger partial charge in [0.15, 0.2) is 18.3 Å². The number of allylic oxidation sites excluding steroid dienone is 4. The summed E-state index contributed by atoms with van der Waals surface area (Å²) in [6.45, 7) is 8.88. The molecule has 0 aromatic heterocycles. The van der Waals surface area contributed by atoms with Gasteiger partial charge in [0.05, 0.1) is 0 Å². The molecule has 0 saturated heterocycles. The summed E-state index contributed by atoms with van der Waals surface area (Å²) < 4.78 is 12.2. The van der Waals surface area contributed by atoms with E-state index < -0.39 is 12.3 Å². The molecule has 3 rings (SSSR count). The number of rotatable bonds is 8. The third-order valence-corrected chi connectivity index (χ3v) is 5.19. The Bertz CT molecular complexity index is 1030. The molecule has 1 unspecified atom stereocenters. The number of alkyl halides is 1. The fourth-order valence-electron chi connectivity index (χ4n) is 3.77. The molecule has 0 aliphatic carbocycles. The number of fused-ring (bicyclic) bond motifs is 1. The highest BCUT2D eigenvalue weighted by Crippen LogP contribution is 2.42. The standard InChI is InChI=1S/C24H27FN6/c1-4-20(11-14-27-3)24(22-29-13-7-15-31(22)23(26)30-24)21-10-5-9-19(16-21)18(2)8-6-12-28-17-25/h4-6,8-12,14,16H,1-2,7,13,15,17H2,3H3,(H2,26,30)/b8-6-,20-11+,27-14?,28-12-. The number of benzene rings is 1. The normalized spacial score (nSPS) is 21.6. The Labute approximate surface area is 182 Å². The van der Waals surface area contributed by atoms with Gasteiger partial charge in [-0.3, -0.25) is 19.9 Å². The number of nitrogens with two attached hydrogens (primary N) is 1. The molecule has 160 valence electrons. The van der Waals surface area contributed by atoms with Crippen molar-refractivity contribution in [1.82, 2.24) is 4.90 Å². The zero-order chi connectivity index (χ0) is 22.3. The van der Waals surface area contributed by atoms with E-state index in [1.165, 1.54) is 6.21 Å². The molecule has 2 aliphatic heterocycles. The van der Waals surface area contributed by atoms with Crippen LogP contribution in [-0.2, 0) is 5.54 Å². The van der Waals surface area contributed by atoms with Crippen molar-refractivity contribution >= 4 is 29.8 Å². The van der Waals surface area contributed by atoms with Crippen molar-refractivity contribution in [3.8, 4) is 0 Å². The van der Waals surface area contributed by atoms with E-state index in [2.05, 4.69) is 23.1 Å². The number of hydrogen-bond acceptors (Lipinski definition) is 6. The van der Waals surface area contributed by atoms with Gasteiger partial charge in [-0.1, -0.05) is 43.5 Å². The van der Waals surface area contributed by atoms with Gasteiger partial charge in [-0.2, -0.15) is 0 Å². The van der Waals surface area contributed by atoms with Gasteiger partial charge in [0.2, 0.25) is 0 Å². The molecule has 0 spiro atoms. The lowest BCUT2D eigenvalue weighted by atomic mass is 9.80. The van der Waals surface area contributed by atoms with E-state index in [9.17, 15) is 4.39 Å². The maximum Gasteiger partial charge on any atom is 0.198 e. The number of amidine groups is 1. The maximum atomic E-state index is 12.2. The van der Waals surface area contributed by atoms with Gasteiger partial charge in [0.1, 0.15) is 5.84 Å². The predicted octanol–water partition coefficient (Wildman–Crippen LogP) is 3.69. The highest BCUT2D eigenvalue weighted by atomic mass is 19.1. The Kier molecular flexibility index (Phi) is 7.07. The Morgan fingerprint density at radius 2 is 2.23 bits per heavy atom. The third kappa shape index (κ3) is 4.30. The molecule has 2 N–H and O–H groups in total. The van der Waals surface area contributed by atoms with Crippen LogP contribution in [0.2, 0.25) is 0 Å². The summed E-state index contributed by atoms with van der Waals surface area (Å²) in [5, 5.41) is 0. The Morgan fingerprint density at radius 3 is 2.97 bits per heavy atom. The van der Waals surface area contributed by atoms with Crippen LogP contribution >= 0.6 is 0 Å². The average Bonchev–Trinajstić information content (AvgIpc) is 3.11. The molecule has 0 saturated carbocycles. The molecule has 31 heavy (non-hydrogen) atoms. The molecular formula is C24H27FN6. The Hall–Kier alpha value is -3.61. The average molecular weight is 419 g/mol. The SMILES string of the molecule is C=C/C(=C\C=NC)C1(c2cccc(C(=C)/C=C\C=N/CF)c2)N=C(N)N2CCCN=C21. The summed E-state index contributed by atoms with van der Waals surface area (Å²) >= 11 is 0. The molecule has 0 radical (unpaired) electrons. The quantitative estimate of drug-likeness (QED) is 0.397. The second kappa shape index (κ2) is 9.93. The molecule has 1 aromatic carbocycles. The highest BCUT2D eigenvalue weighted by Gasteiger charge is 2.49. The maximum absolute atomic E-state index is 12.2. The van der Waals surface area contributed by atoms with Crippen LogP contribution < -0.4 is 5.73 Å². The molecule has 1 atom stereocenters. The second-order valence-corrected chi connectivity index (χ2v) is 7.04. The minimum absolute atomic E-state index is 0.436. The summed E-state index contributed by atoms with van der Waals surface area (Å²) in [5.74, 6) is 1.23. The lowest BCUT2D eigenvalue weighted by Gasteiger charge is -2.33. The van der Waals surface area contributed by atoms with Crippen molar-refractivity contribution in [2.24, 2.45) is 25.7 Å². The van der Waals surface area contributed by atoms with Crippen LogP contribution in [0.15, 0.2) is 87.3 Å². The van der Waals surface area contributed by atoms with E-state index in [1.807, 2.05) is 35.2 Å². The number of aliphatic imine (C=N–C) groups is 4. The highest BCUT2D eigenvalue weighted by molar-refractivity contribution is 6.12. The van der Waals surface area contributed by atoms with E-state index in [0.29, 0.717) is 12.5 Å². The van der Waals surface area contributed by atoms with E-state index in [-0.39, 0.29) is 0 Å². The van der Waals surface area contributed by atoms with Crippen LogP contribution in [0.4, 0.5) is 4.39 Å². The van der Waals surface area contributed by atoms with Crippen LogP contribution in [0.25, 0.3) is 5.57 Å². The fourth-order valence-corrected chi connectivity index (χ4v) is 3.77. The largest absolute Gasteiger partial charge is 0.369 e. The van der Waals surface area contributed by atoms with Crippen molar-refractivity contribution in [3.05, 3.63) is 78.4 Å². The third-order valence-electron chi connectivity index (χ3n) is 5.19. The predicted molar refractivity (Wildman–Crippen MR) is 129 cm³/mol. The molecular weight excluding hydrogens is 391 g/mol. The molecule has 0 fully saturated rings. The van der Waals surface area contributed by atoms with Crippen LogP contribution in [0.3, 0.4) is 0 Å². The molecule has 0 amide bonds. The van der Waals surface area contributed by atoms with Crippen LogP contribution in [0, 0.1) is 0 Å². The van der Waals surface area contributed by atoms with E-state index >= 15 is 0 Å². The first kappa shape index (κ1) is 22.1. The molecule has 2 aliphatic rings. The zero-order valence-corrected chi connectivity index (χ0v) is 17.7. The molecule has 6 nitrogen and oxygen atoms in total. The van der Waals surface area contributed by atoms with Gasteiger partial charge >= 0.3 is 0 Å². The van der Waals surface area contributed by atoms with Crippen molar-refractivity contribution < 1.29 is 4.39 Å². The smallest absolute Gasteiger partial charge is 0.198 e. The van der Waals surface area contributed by atoms with E-state index in [1.54, 1.807) is 31.5 Å². The lowest BCUT2D eigenvalue weighted by Crippen LogP contribution is -2.46. The first-order valence-electron chi connectivity index (χ1n) is 10.0. The number of nitrogens with zero attached hydrogens (tertiary/aromatic N) is 5. The molecule has 7 heteroatoms. The minimum Gasteiger partial charge on any atom is -0.369 e. The summed E-state index contributed by atoms with van der Waals surface area (Å²) in [6, 6.07) is 7.94. The minimum atomic E-state index is -0.914. The van der Waals surface area contributed by atoms with Crippen LogP contribution in [0.1, 0.15) is 17.5 Å². The molecule has 0 bridgehead atoms. The first-order valence-corrected chi connectivity index (χ1v) is 10.0.